The smallest absolute Gasteiger partial charge is 0.134 e. The van der Waals surface area contributed by atoms with Crippen LogP contribution in [-0.4, -0.2) is 28.0 Å². The minimum atomic E-state index is 0.765. The van der Waals surface area contributed by atoms with E-state index in [0.717, 1.165) is 66.0 Å². The molecule has 0 saturated carbocycles. The van der Waals surface area contributed by atoms with Gasteiger partial charge < -0.3 is 10.2 Å². The van der Waals surface area contributed by atoms with Gasteiger partial charge in [0.05, 0.1) is 5.69 Å². The van der Waals surface area contributed by atoms with Crippen molar-refractivity contribution in [3.8, 4) is 0 Å². The lowest BCUT2D eigenvalue weighted by Crippen LogP contribution is -2.32. The molecule has 0 fully saturated rings. The molecule has 1 N–H and O–H groups in total. The summed E-state index contributed by atoms with van der Waals surface area (Å²) in [7, 11) is 0. The topological polar surface area (TPSA) is 53.9 Å². The molecule has 4 rings (SSSR count). The van der Waals surface area contributed by atoms with E-state index in [1.807, 2.05) is 42.6 Å². The van der Waals surface area contributed by atoms with Crippen LogP contribution in [0.5, 0.6) is 0 Å². The van der Waals surface area contributed by atoms with Crippen LogP contribution in [0.15, 0.2) is 55.0 Å². The van der Waals surface area contributed by atoms with Crippen molar-refractivity contribution in [2.75, 3.05) is 23.3 Å². The summed E-state index contributed by atoms with van der Waals surface area (Å²) in [5.41, 5.74) is 3.41. The van der Waals surface area contributed by atoms with Crippen LogP contribution in [0.2, 0.25) is 5.02 Å². The van der Waals surface area contributed by atoms with Gasteiger partial charge in [0.2, 0.25) is 0 Å². The molecule has 5 nitrogen and oxygen atoms in total. The van der Waals surface area contributed by atoms with Gasteiger partial charge in [-0.05, 0) is 30.2 Å². The van der Waals surface area contributed by atoms with Crippen LogP contribution in [0.25, 0.3) is 0 Å². The third-order valence-corrected chi connectivity index (χ3v) is 4.99. The molecule has 1 aliphatic heterocycles. The molecule has 26 heavy (non-hydrogen) atoms. The quantitative estimate of drug-likeness (QED) is 0.746. The largest absolute Gasteiger partial charge is 0.369 e. The molecule has 0 atom stereocenters. The number of nitrogens with one attached hydrogen (secondary N) is 1. The second kappa shape index (κ2) is 7.70. The minimum absolute atomic E-state index is 0.765. The summed E-state index contributed by atoms with van der Waals surface area (Å²) in [5, 5.41) is 4.27. The summed E-state index contributed by atoms with van der Waals surface area (Å²) in [6.07, 6.45) is 5.22. The summed E-state index contributed by atoms with van der Waals surface area (Å²) in [4.78, 5) is 15.7. The Balaban J connectivity index is 1.48. The van der Waals surface area contributed by atoms with E-state index in [0.29, 0.717) is 0 Å². The number of rotatable bonds is 5. The van der Waals surface area contributed by atoms with Crippen LogP contribution < -0.4 is 10.2 Å². The first kappa shape index (κ1) is 16.8. The van der Waals surface area contributed by atoms with Crippen molar-refractivity contribution < 1.29 is 0 Å². The Hall–Kier alpha value is -2.66. The van der Waals surface area contributed by atoms with Crippen LogP contribution in [0.1, 0.15) is 16.8 Å². The Bertz CT molecular complexity index is 884. The number of halogens is 1. The lowest BCUT2D eigenvalue weighted by molar-refractivity contribution is 0.697. The zero-order chi connectivity index (χ0) is 17.8. The first-order valence-electron chi connectivity index (χ1n) is 8.77. The molecule has 0 amide bonds. The number of benzene rings is 1. The van der Waals surface area contributed by atoms with Gasteiger partial charge >= 0.3 is 0 Å². The Morgan fingerprint density at radius 2 is 1.92 bits per heavy atom. The van der Waals surface area contributed by atoms with Gasteiger partial charge in [-0.15, -0.1) is 0 Å². The summed E-state index contributed by atoms with van der Waals surface area (Å²) in [6.45, 7) is 2.46. The number of nitrogens with zero attached hydrogens (tertiary/aromatic N) is 4. The third kappa shape index (κ3) is 3.63. The highest BCUT2D eigenvalue weighted by Crippen LogP contribution is 2.26. The molecule has 2 aromatic heterocycles. The van der Waals surface area contributed by atoms with Crippen molar-refractivity contribution in [1.29, 1.82) is 0 Å². The fourth-order valence-corrected chi connectivity index (χ4v) is 3.48. The van der Waals surface area contributed by atoms with E-state index in [-0.39, 0.29) is 0 Å². The highest BCUT2D eigenvalue weighted by atomic mass is 35.5. The first-order valence-corrected chi connectivity index (χ1v) is 9.15. The van der Waals surface area contributed by atoms with E-state index in [9.17, 15) is 0 Å². The van der Waals surface area contributed by atoms with Crippen LogP contribution >= 0.6 is 11.6 Å². The highest BCUT2D eigenvalue weighted by molar-refractivity contribution is 6.31. The molecule has 0 aliphatic carbocycles. The van der Waals surface area contributed by atoms with Gasteiger partial charge in [-0.1, -0.05) is 35.9 Å². The molecule has 1 aliphatic rings. The van der Waals surface area contributed by atoms with Crippen LogP contribution in [0.3, 0.4) is 0 Å². The maximum absolute atomic E-state index is 6.24. The van der Waals surface area contributed by atoms with Crippen molar-refractivity contribution in [2.24, 2.45) is 0 Å². The normalized spacial score (nSPS) is 13.3. The number of hydrogen-bond acceptors (Lipinski definition) is 5. The van der Waals surface area contributed by atoms with E-state index in [4.69, 9.17) is 11.6 Å². The van der Waals surface area contributed by atoms with Gasteiger partial charge in [0.15, 0.2) is 0 Å². The van der Waals surface area contributed by atoms with Gasteiger partial charge in [-0.2, -0.15) is 0 Å². The average Bonchev–Trinajstić information content (AvgIpc) is 2.70. The summed E-state index contributed by atoms with van der Waals surface area (Å²) in [5.74, 6) is 1.90. The fourth-order valence-electron chi connectivity index (χ4n) is 3.25. The zero-order valence-corrected chi connectivity index (χ0v) is 15.2. The van der Waals surface area contributed by atoms with E-state index in [1.54, 1.807) is 6.33 Å². The molecular weight excluding hydrogens is 346 g/mol. The first-order chi connectivity index (χ1) is 12.8. The lowest BCUT2D eigenvalue weighted by Gasteiger charge is -2.30. The summed E-state index contributed by atoms with van der Waals surface area (Å²) < 4.78 is 0. The SMILES string of the molecule is Clc1ccccc1CCNc1ncnc2c1CN(c1ccccn1)CC2. The molecular formula is C20H20ClN5. The number of pyridine rings is 1. The molecule has 0 spiro atoms. The fraction of sp³-hybridized carbons (Fsp3) is 0.250. The third-order valence-electron chi connectivity index (χ3n) is 4.62. The predicted octanol–water partition coefficient (Wildman–Crippen LogP) is 3.74. The molecule has 3 aromatic rings. The molecule has 132 valence electrons. The monoisotopic (exact) mass is 365 g/mol. The standard InChI is InChI=1S/C20H20ClN5/c21-17-6-2-1-5-15(17)8-11-23-20-16-13-26(19-7-3-4-10-22-19)12-9-18(16)24-14-25-20/h1-7,10,14H,8-9,11-13H2,(H,23,24,25). The van der Waals surface area contributed by atoms with Crippen LogP contribution in [0.4, 0.5) is 11.6 Å². The lowest BCUT2D eigenvalue weighted by atomic mass is 10.1. The Labute approximate surface area is 158 Å². The van der Waals surface area contributed by atoms with Gasteiger partial charge in [-0.25, -0.2) is 15.0 Å². The van der Waals surface area contributed by atoms with E-state index in [2.05, 4.69) is 31.2 Å². The maximum atomic E-state index is 6.24. The molecule has 0 saturated heterocycles. The van der Waals surface area contributed by atoms with Gasteiger partial charge in [0.25, 0.3) is 0 Å². The Morgan fingerprint density at radius 1 is 1.04 bits per heavy atom. The Morgan fingerprint density at radius 3 is 2.77 bits per heavy atom. The second-order valence-corrected chi connectivity index (χ2v) is 6.68. The average molecular weight is 366 g/mol. The van der Waals surface area contributed by atoms with Crippen molar-refractivity contribution in [2.45, 2.75) is 19.4 Å². The van der Waals surface area contributed by atoms with Crippen LogP contribution in [0, 0.1) is 0 Å². The van der Waals surface area contributed by atoms with Gasteiger partial charge in [-0.3, -0.25) is 0 Å². The summed E-state index contributed by atoms with van der Waals surface area (Å²) in [6, 6.07) is 13.9. The van der Waals surface area contributed by atoms with Gasteiger partial charge in [0, 0.05) is 42.8 Å². The maximum Gasteiger partial charge on any atom is 0.134 e. The molecule has 6 heteroatoms. The molecule has 3 heterocycles. The molecule has 1 aromatic carbocycles. The highest BCUT2D eigenvalue weighted by Gasteiger charge is 2.21. The molecule has 0 radical (unpaired) electrons. The van der Waals surface area contributed by atoms with Gasteiger partial charge in [0.1, 0.15) is 18.0 Å². The van der Waals surface area contributed by atoms with E-state index >= 15 is 0 Å². The second-order valence-electron chi connectivity index (χ2n) is 6.28. The van der Waals surface area contributed by atoms with Crippen LogP contribution in [-0.2, 0) is 19.4 Å². The number of anilines is 2. The Kier molecular flexibility index (Phi) is 4.97. The van der Waals surface area contributed by atoms with Crippen molar-refractivity contribution in [3.05, 3.63) is 76.8 Å². The van der Waals surface area contributed by atoms with Crippen molar-refractivity contribution >= 4 is 23.2 Å². The molecule has 0 bridgehead atoms. The number of fused-ring (bicyclic) bond motifs is 1. The van der Waals surface area contributed by atoms with E-state index < -0.39 is 0 Å². The predicted molar refractivity (Wildman–Crippen MR) is 105 cm³/mol. The minimum Gasteiger partial charge on any atom is -0.369 e. The van der Waals surface area contributed by atoms with Crippen molar-refractivity contribution in [3.63, 3.8) is 0 Å². The number of hydrogen-bond donors (Lipinski definition) is 1. The molecule has 0 unspecified atom stereocenters. The number of aromatic nitrogens is 3. The summed E-state index contributed by atoms with van der Waals surface area (Å²) >= 11 is 6.24. The van der Waals surface area contributed by atoms with E-state index in [1.165, 1.54) is 0 Å². The zero-order valence-electron chi connectivity index (χ0n) is 14.4. The van der Waals surface area contributed by atoms with Crippen molar-refractivity contribution in [1.82, 2.24) is 15.0 Å².